The Balaban J connectivity index is 0.753. The van der Waals surface area contributed by atoms with Crippen LogP contribution < -0.4 is 14.5 Å². The smallest absolute Gasteiger partial charge is 0.340 e. The molecule has 0 fully saturated rings. The van der Waals surface area contributed by atoms with E-state index in [1.807, 2.05) is 143 Å². The fourth-order valence-electron chi connectivity index (χ4n) is 13.2. The predicted octanol–water partition coefficient (Wildman–Crippen LogP) is 18.0. The van der Waals surface area contributed by atoms with Crippen LogP contribution in [0.2, 0.25) is 0 Å². The highest BCUT2D eigenvalue weighted by atomic mass is 16.5. The third-order valence-electron chi connectivity index (χ3n) is 18.0. The van der Waals surface area contributed by atoms with E-state index in [1.165, 1.54) is 10.0 Å². The van der Waals surface area contributed by atoms with Crippen molar-refractivity contribution in [1.82, 2.24) is 4.48 Å². The number of hydrogen-bond donors (Lipinski definition) is 0. The normalized spacial score (nSPS) is 13.5. The van der Waals surface area contributed by atoms with Crippen LogP contribution in [-0.2, 0) is 56.5 Å². The van der Waals surface area contributed by atoms with Crippen molar-refractivity contribution in [3.8, 4) is 16.9 Å². The van der Waals surface area contributed by atoms with Gasteiger partial charge in [-0.3, -0.25) is 19.5 Å². The molecule has 12 rings (SSSR count). The molecule has 0 atom stereocenters. The van der Waals surface area contributed by atoms with Crippen LogP contribution in [0.15, 0.2) is 228 Å². The number of aromatic nitrogens is 1. The number of rotatable bonds is 21. The number of hydrogen-bond acceptors (Lipinski definition) is 10. The molecule has 0 N–H and O–H groups in total. The average molecular weight is 1260 g/mol. The molecule has 474 valence electrons. The number of ether oxygens (including phenoxy) is 4. The van der Waals surface area contributed by atoms with Crippen molar-refractivity contribution in [1.29, 1.82) is 0 Å². The lowest BCUT2D eigenvalue weighted by molar-refractivity contribution is -0.139. The number of esters is 3. The molecule has 0 bridgehead atoms. The summed E-state index contributed by atoms with van der Waals surface area (Å²) in [6.07, 6.45) is 4.64. The van der Waals surface area contributed by atoms with E-state index >= 15 is 0 Å². The zero-order chi connectivity index (χ0) is 66.3. The zero-order valence-corrected chi connectivity index (χ0v) is 54.8. The Morgan fingerprint density at radius 1 is 0.600 bits per heavy atom. The van der Waals surface area contributed by atoms with Crippen molar-refractivity contribution < 1.29 is 38.1 Å². The minimum absolute atomic E-state index is 0.0748. The van der Waals surface area contributed by atoms with Gasteiger partial charge in [-0.25, -0.2) is 9.59 Å². The van der Waals surface area contributed by atoms with Crippen LogP contribution in [0.5, 0.6) is 5.75 Å². The summed E-state index contributed by atoms with van der Waals surface area (Å²) in [4.78, 5) is 65.2. The predicted molar refractivity (Wildman–Crippen MR) is 379 cm³/mol. The maximum absolute atomic E-state index is 14.5. The highest BCUT2D eigenvalue weighted by Gasteiger charge is 2.34. The Labute approximate surface area is 557 Å². The lowest BCUT2D eigenvalue weighted by Crippen LogP contribution is -2.34. The summed E-state index contributed by atoms with van der Waals surface area (Å²) in [5.74, 6) is -1.12. The number of benzene rings is 9. The van der Waals surface area contributed by atoms with Gasteiger partial charge in [0.2, 0.25) is 7.98 Å². The van der Waals surface area contributed by atoms with E-state index in [2.05, 4.69) is 103 Å². The molecule has 1 aromatic heterocycles. The molecule has 13 heteroatoms. The molecule has 1 amide bonds. The summed E-state index contributed by atoms with van der Waals surface area (Å²) >= 11 is 0. The van der Waals surface area contributed by atoms with Gasteiger partial charge in [-0.1, -0.05) is 153 Å². The topological polar surface area (TPSA) is 129 Å². The molecule has 12 nitrogen and oxygen atoms in total. The van der Waals surface area contributed by atoms with Crippen LogP contribution in [0.1, 0.15) is 129 Å². The van der Waals surface area contributed by atoms with Gasteiger partial charge in [-0.05, 0) is 206 Å². The maximum Gasteiger partial charge on any atom is 0.340 e. The standard InChI is InChI=1S/C82H75BN4O8/c1-8-9-21-58-32-38-64(39-33-58)85-51-92-50-63-27-20-30-70-69(44-45-71(76(63)70)80(85)89)62-36-42-67(43-37-62)86(65-28-17-12-18-29-65)66-40-34-59(35-41-66)26-19-31-72(88)95-68-46-52(2)73(53(3)47-68)77(78-54(4)74(56(6)84-78)81(90)93-48-60-22-13-10-14-23-60)79-55(5)75(57(7)87(79)83)82(91)94-49-61-24-15-11-16-25-61/h10-18,20,22-25,27-30,32-47H,8-9,19,21,26,31,48-51H2,1-7H3/b78-77-. The SMILES string of the molecule is [B]n1c(C)c(C(=O)OCc2ccccc2)c(C)c1/C(=C1\N=C(C)C(C(=O)OCc2ccccc2)=C1C)c1c(C)cc(OC(=O)CCCc2ccc(N(c3ccccc3)c3ccc(-c4ccc5c6c(cccc46)COCN(c4ccc(CCCC)cc4)C5=O)cc3)cc2)cc1C. The van der Waals surface area contributed by atoms with Crippen molar-refractivity contribution in [2.45, 2.75) is 107 Å². The number of para-hydroxylation sites is 1. The lowest BCUT2D eigenvalue weighted by atomic mass is 9.88. The minimum atomic E-state index is -0.528. The molecule has 10 aromatic rings. The van der Waals surface area contributed by atoms with Gasteiger partial charge in [-0.2, -0.15) is 0 Å². The monoisotopic (exact) mass is 1250 g/mol. The quantitative estimate of drug-likeness (QED) is 0.0392. The Morgan fingerprint density at radius 2 is 1.17 bits per heavy atom. The second-order valence-corrected chi connectivity index (χ2v) is 24.5. The molecule has 0 saturated carbocycles. The third kappa shape index (κ3) is 13.8. The second kappa shape index (κ2) is 28.7. The van der Waals surface area contributed by atoms with Crippen LogP contribution in [0.25, 0.3) is 27.5 Å². The molecular formula is C82H75BN4O8. The number of nitrogens with zero attached hydrogens (tertiary/aromatic N) is 4. The van der Waals surface area contributed by atoms with Crippen LogP contribution >= 0.6 is 0 Å². The number of aryl methyl sites for hydroxylation is 4. The van der Waals surface area contributed by atoms with E-state index in [0.717, 1.165) is 103 Å². The largest absolute Gasteiger partial charge is 0.457 e. The molecule has 9 aromatic carbocycles. The summed E-state index contributed by atoms with van der Waals surface area (Å²) in [6.45, 7) is 14.0. The lowest BCUT2D eigenvalue weighted by Gasteiger charge is -2.27. The highest BCUT2D eigenvalue weighted by molar-refractivity contribution is 6.23. The summed E-state index contributed by atoms with van der Waals surface area (Å²) < 4.78 is 25.5. The van der Waals surface area contributed by atoms with Gasteiger partial charge in [0.05, 0.1) is 29.2 Å². The van der Waals surface area contributed by atoms with E-state index in [1.54, 1.807) is 18.7 Å². The number of amides is 1. The number of allylic oxidation sites excluding steroid dienone is 1. The van der Waals surface area contributed by atoms with Gasteiger partial charge in [-0.15, -0.1) is 0 Å². The van der Waals surface area contributed by atoms with Crippen LogP contribution in [0.3, 0.4) is 0 Å². The highest BCUT2D eigenvalue weighted by Crippen LogP contribution is 2.44. The number of carbonyl (C=O) groups excluding carboxylic acids is 4. The molecule has 0 saturated heterocycles. The van der Waals surface area contributed by atoms with Gasteiger partial charge in [0.25, 0.3) is 5.91 Å². The van der Waals surface area contributed by atoms with E-state index < -0.39 is 11.9 Å². The van der Waals surface area contributed by atoms with E-state index in [0.29, 0.717) is 81.4 Å². The molecular weight excluding hydrogens is 1180 g/mol. The summed E-state index contributed by atoms with van der Waals surface area (Å²) in [6, 6.07) is 68.4. The Hall–Kier alpha value is -10.6. The summed E-state index contributed by atoms with van der Waals surface area (Å²) in [5, 5.41) is 1.90. The molecule has 3 heterocycles. The third-order valence-corrected chi connectivity index (χ3v) is 18.0. The second-order valence-electron chi connectivity index (χ2n) is 24.5. The fourth-order valence-corrected chi connectivity index (χ4v) is 13.2. The number of aliphatic imine (C=N–C) groups is 1. The number of carbonyl (C=O) groups is 4. The average Bonchev–Trinajstić information content (AvgIpc) is 1.62. The first kappa shape index (κ1) is 64.5. The summed E-state index contributed by atoms with van der Waals surface area (Å²) in [7, 11) is 7.01. The van der Waals surface area contributed by atoms with Crippen molar-refractivity contribution >= 4 is 76.6 Å². The molecule has 0 unspecified atom stereocenters. The van der Waals surface area contributed by atoms with Crippen molar-refractivity contribution in [2.24, 2.45) is 4.99 Å². The van der Waals surface area contributed by atoms with E-state index in [-0.39, 0.29) is 38.2 Å². The Morgan fingerprint density at radius 3 is 1.80 bits per heavy atom. The van der Waals surface area contributed by atoms with Crippen molar-refractivity contribution in [3.05, 3.63) is 296 Å². The first-order valence-corrected chi connectivity index (χ1v) is 32.5. The van der Waals surface area contributed by atoms with E-state index in [4.69, 9.17) is 31.9 Å². The molecule has 0 spiro atoms. The number of anilines is 4. The first-order valence-electron chi connectivity index (χ1n) is 32.5. The number of unbranched alkanes of at least 4 members (excludes halogenated alkanes) is 1. The van der Waals surface area contributed by atoms with Gasteiger partial charge >= 0.3 is 17.9 Å². The Bertz CT molecular complexity index is 4610. The van der Waals surface area contributed by atoms with Gasteiger partial charge in [0.15, 0.2) is 0 Å². The van der Waals surface area contributed by atoms with Gasteiger partial charge in [0.1, 0.15) is 25.7 Å². The van der Waals surface area contributed by atoms with Crippen LogP contribution in [0, 0.1) is 27.7 Å². The Kier molecular flexibility index (Phi) is 19.5. The zero-order valence-electron chi connectivity index (χ0n) is 54.8. The first-order chi connectivity index (χ1) is 46.1. The van der Waals surface area contributed by atoms with Gasteiger partial charge in [0, 0.05) is 57.1 Å². The van der Waals surface area contributed by atoms with Crippen LogP contribution in [-0.4, -0.2) is 48.7 Å². The van der Waals surface area contributed by atoms with Gasteiger partial charge < -0.3 is 28.3 Å². The molecule has 0 aliphatic carbocycles. The summed E-state index contributed by atoms with van der Waals surface area (Å²) in [5.41, 5.74) is 18.1. The van der Waals surface area contributed by atoms with E-state index in [9.17, 15) is 19.2 Å². The fraction of sp³-hybridized carbons (Fsp3) is 0.207. The molecule has 2 radical (unpaired) electrons. The molecule has 2 aliphatic heterocycles. The molecule has 2 aliphatic rings. The van der Waals surface area contributed by atoms with Crippen molar-refractivity contribution in [3.63, 3.8) is 0 Å². The minimum Gasteiger partial charge on any atom is -0.457 e. The van der Waals surface area contributed by atoms with Crippen LogP contribution in [0.4, 0.5) is 22.7 Å². The van der Waals surface area contributed by atoms with Crippen molar-refractivity contribution in [2.75, 3.05) is 16.5 Å². The maximum atomic E-state index is 14.5. The molecule has 95 heavy (non-hydrogen) atoms.